The van der Waals surface area contributed by atoms with Crippen LogP contribution in [0.2, 0.25) is 5.02 Å². The Bertz CT molecular complexity index is 1100. The van der Waals surface area contributed by atoms with Crippen molar-refractivity contribution < 1.29 is 9.32 Å². The zero-order chi connectivity index (χ0) is 21.8. The minimum absolute atomic E-state index is 0.160. The number of rotatable bonds is 6. The van der Waals surface area contributed by atoms with Crippen molar-refractivity contribution in [1.82, 2.24) is 29.7 Å². The molecule has 0 spiro atoms. The Balaban J connectivity index is 1.34. The Morgan fingerprint density at radius 2 is 1.84 bits per heavy atom. The number of carbonyl (C=O) groups is 1. The molecule has 1 aliphatic rings. The molecule has 3 heterocycles. The molecule has 0 N–H and O–H groups in total. The molecule has 0 atom stereocenters. The van der Waals surface area contributed by atoms with Gasteiger partial charge in [-0.3, -0.25) is 14.5 Å². The molecule has 0 saturated carbocycles. The van der Waals surface area contributed by atoms with Crippen LogP contribution in [0.15, 0.2) is 45.7 Å². The van der Waals surface area contributed by atoms with Crippen LogP contribution in [0.5, 0.6) is 0 Å². The third-order valence-electron chi connectivity index (χ3n) is 5.11. The van der Waals surface area contributed by atoms with Crippen LogP contribution < -0.4 is 5.56 Å². The fourth-order valence-corrected chi connectivity index (χ4v) is 3.56. The molecule has 1 fully saturated rings. The van der Waals surface area contributed by atoms with Crippen LogP contribution in [0.3, 0.4) is 0 Å². The SMILES string of the molecule is CCCn1nc(C(=O)N2CCN(Cc3nc(-c4ccc(Cl)cc4)no3)CC2)ccc1=O. The predicted octanol–water partition coefficient (Wildman–Crippen LogP) is 2.31. The van der Waals surface area contributed by atoms with Crippen LogP contribution in [0.25, 0.3) is 11.4 Å². The largest absolute Gasteiger partial charge is 0.338 e. The molecule has 10 heteroatoms. The van der Waals surface area contributed by atoms with E-state index >= 15 is 0 Å². The topological polar surface area (TPSA) is 97.4 Å². The van der Waals surface area contributed by atoms with E-state index < -0.39 is 0 Å². The number of halogens is 1. The number of hydrogen-bond donors (Lipinski definition) is 0. The first-order chi connectivity index (χ1) is 15.0. The fourth-order valence-electron chi connectivity index (χ4n) is 3.43. The molecule has 162 valence electrons. The first-order valence-electron chi connectivity index (χ1n) is 10.2. The van der Waals surface area contributed by atoms with Gasteiger partial charge < -0.3 is 9.42 Å². The summed E-state index contributed by atoms with van der Waals surface area (Å²) in [7, 11) is 0. The van der Waals surface area contributed by atoms with Crippen molar-refractivity contribution in [2.45, 2.75) is 26.4 Å². The lowest BCUT2D eigenvalue weighted by Crippen LogP contribution is -2.48. The second-order valence-electron chi connectivity index (χ2n) is 7.37. The van der Waals surface area contributed by atoms with Crippen LogP contribution in [-0.2, 0) is 13.1 Å². The van der Waals surface area contributed by atoms with Crippen molar-refractivity contribution >= 4 is 17.5 Å². The molecule has 3 aromatic rings. The van der Waals surface area contributed by atoms with E-state index in [-0.39, 0.29) is 11.5 Å². The monoisotopic (exact) mass is 442 g/mol. The van der Waals surface area contributed by atoms with E-state index in [4.69, 9.17) is 16.1 Å². The normalized spacial score (nSPS) is 14.7. The number of benzene rings is 1. The third-order valence-corrected chi connectivity index (χ3v) is 5.36. The average molecular weight is 443 g/mol. The number of carbonyl (C=O) groups excluding carboxylic acids is 1. The molecule has 0 radical (unpaired) electrons. The summed E-state index contributed by atoms with van der Waals surface area (Å²) in [5.41, 5.74) is 0.943. The average Bonchev–Trinajstić information content (AvgIpc) is 3.24. The number of aryl methyl sites for hydroxylation is 1. The van der Waals surface area contributed by atoms with Gasteiger partial charge in [0.1, 0.15) is 5.69 Å². The molecule has 9 nitrogen and oxygen atoms in total. The van der Waals surface area contributed by atoms with E-state index in [0.717, 1.165) is 12.0 Å². The van der Waals surface area contributed by atoms with Gasteiger partial charge in [0, 0.05) is 49.4 Å². The van der Waals surface area contributed by atoms with Gasteiger partial charge >= 0.3 is 0 Å². The summed E-state index contributed by atoms with van der Waals surface area (Å²) >= 11 is 5.92. The standard InChI is InChI=1S/C21H23ClN6O3/c1-2-9-28-19(29)8-7-17(24-28)21(30)27-12-10-26(11-13-27)14-18-23-20(25-31-18)15-3-5-16(22)6-4-15/h3-8H,2,9-14H2,1H3. The van der Waals surface area contributed by atoms with Crippen molar-refractivity contribution in [3.63, 3.8) is 0 Å². The molecular weight excluding hydrogens is 420 g/mol. The van der Waals surface area contributed by atoms with Gasteiger partial charge in [-0.2, -0.15) is 10.1 Å². The second-order valence-corrected chi connectivity index (χ2v) is 7.80. The second kappa shape index (κ2) is 9.40. The molecule has 0 unspecified atom stereocenters. The van der Waals surface area contributed by atoms with Gasteiger partial charge in [0.25, 0.3) is 11.5 Å². The highest BCUT2D eigenvalue weighted by Crippen LogP contribution is 2.19. The minimum Gasteiger partial charge on any atom is -0.338 e. The summed E-state index contributed by atoms with van der Waals surface area (Å²) in [5, 5.41) is 8.91. The van der Waals surface area contributed by atoms with E-state index in [1.807, 2.05) is 19.1 Å². The van der Waals surface area contributed by atoms with Crippen molar-refractivity contribution in [2.75, 3.05) is 26.2 Å². The number of piperazine rings is 1. The van der Waals surface area contributed by atoms with E-state index in [1.165, 1.54) is 16.8 Å². The lowest BCUT2D eigenvalue weighted by Gasteiger charge is -2.33. The van der Waals surface area contributed by atoms with Crippen molar-refractivity contribution in [3.05, 3.63) is 63.4 Å². The van der Waals surface area contributed by atoms with Crippen LogP contribution in [0.4, 0.5) is 0 Å². The van der Waals surface area contributed by atoms with Gasteiger partial charge in [-0.25, -0.2) is 4.68 Å². The van der Waals surface area contributed by atoms with Gasteiger partial charge in [0.2, 0.25) is 11.7 Å². The van der Waals surface area contributed by atoms with Crippen molar-refractivity contribution in [1.29, 1.82) is 0 Å². The van der Waals surface area contributed by atoms with Crippen LogP contribution in [0.1, 0.15) is 29.7 Å². The molecule has 0 aliphatic carbocycles. The van der Waals surface area contributed by atoms with Crippen molar-refractivity contribution in [2.24, 2.45) is 0 Å². The number of amides is 1. The Hall–Kier alpha value is -3.04. The number of aromatic nitrogens is 4. The van der Waals surface area contributed by atoms with E-state index in [1.54, 1.807) is 17.0 Å². The molecule has 1 aromatic carbocycles. The maximum Gasteiger partial charge on any atom is 0.274 e. The Morgan fingerprint density at radius 1 is 1.10 bits per heavy atom. The van der Waals surface area contributed by atoms with E-state index in [2.05, 4.69) is 20.1 Å². The number of hydrogen-bond acceptors (Lipinski definition) is 7. The number of nitrogens with zero attached hydrogens (tertiary/aromatic N) is 6. The van der Waals surface area contributed by atoms with E-state index in [9.17, 15) is 9.59 Å². The van der Waals surface area contributed by atoms with Crippen LogP contribution in [0, 0.1) is 0 Å². The Labute approximate surface area is 184 Å². The van der Waals surface area contributed by atoms with Crippen LogP contribution in [-0.4, -0.2) is 61.8 Å². The van der Waals surface area contributed by atoms with Crippen LogP contribution >= 0.6 is 11.6 Å². The Kier molecular flexibility index (Phi) is 6.43. The zero-order valence-corrected chi connectivity index (χ0v) is 18.0. The van der Waals surface area contributed by atoms with Gasteiger partial charge in [0.05, 0.1) is 6.54 Å². The molecule has 1 aliphatic heterocycles. The van der Waals surface area contributed by atoms with Gasteiger partial charge in [0.15, 0.2) is 0 Å². The summed E-state index contributed by atoms with van der Waals surface area (Å²) in [6.07, 6.45) is 0.776. The maximum absolute atomic E-state index is 12.8. The van der Waals surface area contributed by atoms with Gasteiger partial charge in [-0.1, -0.05) is 23.7 Å². The highest BCUT2D eigenvalue weighted by molar-refractivity contribution is 6.30. The highest BCUT2D eigenvalue weighted by atomic mass is 35.5. The maximum atomic E-state index is 12.8. The smallest absolute Gasteiger partial charge is 0.274 e. The molecular formula is C21H23ClN6O3. The minimum atomic E-state index is -0.194. The first-order valence-corrected chi connectivity index (χ1v) is 10.6. The molecule has 1 amide bonds. The van der Waals surface area contributed by atoms with Gasteiger partial charge in [-0.15, -0.1) is 0 Å². The van der Waals surface area contributed by atoms with Gasteiger partial charge in [-0.05, 0) is 36.8 Å². The zero-order valence-electron chi connectivity index (χ0n) is 17.2. The summed E-state index contributed by atoms with van der Waals surface area (Å²) in [6, 6.07) is 10.2. The van der Waals surface area contributed by atoms with E-state index in [0.29, 0.717) is 61.7 Å². The first kappa shape index (κ1) is 21.2. The highest BCUT2D eigenvalue weighted by Gasteiger charge is 2.24. The molecule has 2 aromatic heterocycles. The summed E-state index contributed by atoms with van der Waals surface area (Å²) < 4.78 is 6.73. The molecule has 31 heavy (non-hydrogen) atoms. The molecule has 0 bridgehead atoms. The van der Waals surface area contributed by atoms with Crippen molar-refractivity contribution in [3.8, 4) is 11.4 Å². The quantitative estimate of drug-likeness (QED) is 0.577. The predicted molar refractivity (Wildman–Crippen MR) is 115 cm³/mol. The summed E-state index contributed by atoms with van der Waals surface area (Å²) in [4.78, 5) is 33.0. The molecule has 4 rings (SSSR count). The summed E-state index contributed by atoms with van der Waals surface area (Å²) in [6.45, 7) is 5.46. The molecule has 1 saturated heterocycles. The third kappa shape index (κ3) is 5.00. The Morgan fingerprint density at radius 3 is 2.55 bits per heavy atom. The lowest BCUT2D eigenvalue weighted by molar-refractivity contribution is 0.0606. The fraction of sp³-hybridized carbons (Fsp3) is 0.381. The summed E-state index contributed by atoms with van der Waals surface area (Å²) in [5.74, 6) is 0.888. The lowest BCUT2D eigenvalue weighted by atomic mass is 10.2.